The lowest BCUT2D eigenvalue weighted by Crippen LogP contribution is -2.40. The number of carbonyl (C=O) groups excluding carboxylic acids is 2. The number of nitrogens with zero attached hydrogens (tertiary/aromatic N) is 4. The molecule has 9 nitrogen and oxygen atoms in total. The number of likely N-dealkylation sites (tertiary alicyclic amines) is 1. The number of nitriles is 1. The molecule has 0 radical (unpaired) electrons. The van der Waals surface area contributed by atoms with Gasteiger partial charge in [0.05, 0.1) is 17.6 Å². The predicted molar refractivity (Wildman–Crippen MR) is 146 cm³/mol. The molecule has 2 amide bonds. The van der Waals surface area contributed by atoms with Crippen LogP contribution >= 0.6 is 0 Å². The van der Waals surface area contributed by atoms with E-state index in [4.69, 9.17) is 10.7 Å². The Labute approximate surface area is 222 Å². The molecular weight excluding hydrogens is 478 g/mol. The number of primary amides is 1. The van der Waals surface area contributed by atoms with E-state index in [1.54, 1.807) is 18.3 Å². The first kappa shape index (κ1) is 25.2. The Morgan fingerprint density at radius 2 is 1.82 bits per heavy atom. The van der Waals surface area contributed by atoms with E-state index in [0.717, 1.165) is 62.7 Å². The Balaban J connectivity index is 1.46. The number of hydrogen-bond donors (Lipinski definition) is 3. The molecule has 0 unspecified atom stereocenters. The van der Waals surface area contributed by atoms with Gasteiger partial charge in [-0.25, -0.2) is 4.98 Å². The van der Waals surface area contributed by atoms with Crippen molar-refractivity contribution in [3.8, 4) is 17.2 Å². The van der Waals surface area contributed by atoms with Crippen LogP contribution in [0.3, 0.4) is 0 Å². The SMILES string of the molecule is N#Cc1cccc(-c2cnc(Nc3cccc(C(=O)N4CCCC4)c3)nc2N[C@@H]2CCCC[C@@H]2C(N)=O)c1. The lowest BCUT2D eigenvalue weighted by atomic mass is 9.84. The van der Waals surface area contributed by atoms with E-state index in [1.807, 2.05) is 41.3 Å². The molecule has 3 aromatic rings. The molecule has 2 aliphatic rings. The second-order valence-corrected chi connectivity index (χ2v) is 9.90. The fraction of sp³-hybridized carbons (Fsp3) is 0.345. The number of nitrogens with one attached hydrogen (secondary N) is 2. The summed E-state index contributed by atoms with van der Waals surface area (Å²) in [5, 5.41) is 16.1. The summed E-state index contributed by atoms with van der Waals surface area (Å²) in [6.07, 6.45) is 7.28. The second kappa shape index (κ2) is 11.3. The summed E-state index contributed by atoms with van der Waals surface area (Å²) < 4.78 is 0. The van der Waals surface area contributed by atoms with Crippen LogP contribution in [0.4, 0.5) is 17.5 Å². The number of rotatable bonds is 7. The van der Waals surface area contributed by atoms with E-state index in [2.05, 4.69) is 21.7 Å². The van der Waals surface area contributed by atoms with E-state index in [-0.39, 0.29) is 23.8 Å². The van der Waals surface area contributed by atoms with Gasteiger partial charge in [0.1, 0.15) is 5.82 Å². The van der Waals surface area contributed by atoms with E-state index in [9.17, 15) is 14.9 Å². The predicted octanol–water partition coefficient (Wildman–Crippen LogP) is 4.45. The zero-order valence-electron chi connectivity index (χ0n) is 21.2. The van der Waals surface area contributed by atoms with E-state index in [0.29, 0.717) is 28.6 Å². The standard InChI is InChI=1S/C29H31N7O2/c30-17-19-7-5-8-20(15-19)24-18-32-29(35-27(24)34-25-12-2-1-11-23(25)26(31)37)33-22-10-6-9-21(16-22)28(38)36-13-3-4-14-36/h5-10,15-16,18,23,25H,1-4,11-14H2,(H2,31,37)(H2,32,33,34,35)/t23-,25+/m0/s1. The van der Waals surface area contributed by atoms with Gasteiger partial charge in [0.15, 0.2) is 0 Å². The average Bonchev–Trinajstić information content (AvgIpc) is 3.48. The number of carbonyl (C=O) groups is 2. The van der Waals surface area contributed by atoms with Gasteiger partial charge in [0.25, 0.3) is 5.91 Å². The van der Waals surface area contributed by atoms with Gasteiger partial charge < -0.3 is 21.3 Å². The highest BCUT2D eigenvalue weighted by molar-refractivity contribution is 5.95. The van der Waals surface area contributed by atoms with Gasteiger partial charge in [-0.1, -0.05) is 31.0 Å². The molecule has 38 heavy (non-hydrogen) atoms. The Morgan fingerprint density at radius 3 is 2.61 bits per heavy atom. The summed E-state index contributed by atoms with van der Waals surface area (Å²) in [6, 6.07) is 16.6. The molecule has 1 saturated carbocycles. The van der Waals surface area contributed by atoms with Crippen molar-refractivity contribution in [1.29, 1.82) is 5.26 Å². The lowest BCUT2D eigenvalue weighted by molar-refractivity contribution is -0.122. The monoisotopic (exact) mass is 509 g/mol. The van der Waals surface area contributed by atoms with Gasteiger partial charge in [0, 0.05) is 42.1 Å². The smallest absolute Gasteiger partial charge is 0.253 e. The quantitative estimate of drug-likeness (QED) is 0.428. The van der Waals surface area contributed by atoms with Crippen LogP contribution in [-0.2, 0) is 4.79 Å². The molecule has 9 heteroatoms. The van der Waals surface area contributed by atoms with Crippen LogP contribution in [0.5, 0.6) is 0 Å². The molecule has 1 aromatic heterocycles. The number of amides is 2. The van der Waals surface area contributed by atoms with Gasteiger partial charge in [-0.3, -0.25) is 9.59 Å². The van der Waals surface area contributed by atoms with Gasteiger partial charge in [-0.05, 0) is 61.6 Å². The first-order chi connectivity index (χ1) is 18.5. The number of nitrogens with two attached hydrogens (primary N) is 1. The molecule has 1 aliphatic heterocycles. The Morgan fingerprint density at radius 1 is 1.03 bits per heavy atom. The van der Waals surface area contributed by atoms with Gasteiger partial charge >= 0.3 is 0 Å². The van der Waals surface area contributed by atoms with Crippen molar-refractivity contribution in [3.63, 3.8) is 0 Å². The summed E-state index contributed by atoms with van der Waals surface area (Å²) in [7, 11) is 0. The summed E-state index contributed by atoms with van der Waals surface area (Å²) >= 11 is 0. The van der Waals surface area contributed by atoms with Gasteiger partial charge in [-0.2, -0.15) is 10.2 Å². The van der Waals surface area contributed by atoms with Crippen LogP contribution < -0.4 is 16.4 Å². The number of anilines is 3. The van der Waals surface area contributed by atoms with Crippen LogP contribution in [0, 0.1) is 17.2 Å². The topological polar surface area (TPSA) is 137 Å². The van der Waals surface area contributed by atoms with E-state index < -0.39 is 0 Å². The number of hydrogen-bond acceptors (Lipinski definition) is 7. The second-order valence-electron chi connectivity index (χ2n) is 9.90. The van der Waals surface area contributed by atoms with Gasteiger partial charge in [-0.15, -0.1) is 0 Å². The van der Waals surface area contributed by atoms with E-state index in [1.165, 1.54) is 0 Å². The van der Waals surface area contributed by atoms with Crippen LogP contribution in [0.1, 0.15) is 54.4 Å². The normalized spacial score (nSPS) is 19.0. The summed E-state index contributed by atoms with van der Waals surface area (Å²) in [5.74, 6) is 0.325. The van der Waals surface area contributed by atoms with E-state index >= 15 is 0 Å². The molecule has 2 fully saturated rings. The van der Waals surface area contributed by atoms with Crippen molar-refractivity contribution < 1.29 is 9.59 Å². The lowest BCUT2D eigenvalue weighted by Gasteiger charge is -2.31. The molecule has 194 valence electrons. The van der Waals surface area contributed by atoms with Crippen LogP contribution in [0.15, 0.2) is 54.7 Å². The number of aromatic nitrogens is 2. The number of benzene rings is 2. The first-order valence-electron chi connectivity index (χ1n) is 13.1. The molecule has 0 bridgehead atoms. The maximum Gasteiger partial charge on any atom is 0.253 e. The molecule has 1 aliphatic carbocycles. The molecule has 2 atom stereocenters. The molecular formula is C29H31N7O2. The highest BCUT2D eigenvalue weighted by atomic mass is 16.2. The van der Waals surface area contributed by atoms with Crippen LogP contribution in [0.25, 0.3) is 11.1 Å². The third-order valence-corrected chi connectivity index (χ3v) is 7.30. The maximum absolute atomic E-state index is 12.9. The Kier molecular flexibility index (Phi) is 7.50. The zero-order valence-corrected chi connectivity index (χ0v) is 21.2. The van der Waals surface area contributed by atoms with Gasteiger partial charge in [0.2, 0.25) is 11.9 Å². The third-order valence-electron chi connectivity index (χ3n) is 7.30. The average molecular weight is 510 g/mol. The minimum absolute atomic E-state index is 0.0249. The maximum atomic E-state index is 12.9. The highest BCUT2D eigenvalue weighted by Gasteiger charge is 2.30. The highest BCUT2D eigenvalue weighted by Crippen LogP contribution is 2.33. The summed E-state index contributed by atoms with van der Waals surface area (Å²) in [4.78, 5) is 36.2. The third kappa shape index (κ3) is 5.59. The fourth-order valence-corrected chi connectivity index (χ4v) is 5.30. The Bertz CT molecular complexity index is 1380. The molecule has 2 aromatic carbocycles. The summed E-state index contributed by atoms with van der Waals surface area (Å²) in [5.41, 5.74) is 9.09. The minimum Gasteiger partial charge on any atom is -0.369 e. The first-order valence-corrected chi connectivity index (χ1v) is 13.1. The minimum atomic E-state index is -0.317. The van der Waals surface area contributed by atoms with Crippen molar-refractivity contribution >= 4 is 29.3 Å². The van der Waals surface area contributed by atoms with Crippen LogP contribution in [-0.4, -0.2) is 45.8 Å². The van der Waals surface area contributed by atoms with Crippen molar-refractivity contribution in [1.82, 2.24) is 14.9 Å². The van der Waals surface area contributed by atoms with Crippen molar-refractivity contribution in [3.05, 3.63) is 65.9 Å². The van der Waals surface area contributed by atoms with Crippen LogP contribution in [0.2, 0.25) is 0 Å². The molecule has 0 spiro atoms. The van der Waals surface area contributed by atoms with Crippen molar-refractivity contribution in [2.24, 2.45) is 11.7 Å². The van der Waals surface area contributed by atoms with Crippen molar-refractivity contribution in [2.75, 3.05) is 23.7 Å². The molecule has 4 N–H and O–H groups in total. The summed E-state index contributed by atoms with van der Waals surface area (Å²) in [6.45, 7) is 1.58. The molecule has 5 rings (SSSR count). The molecule has 1 saturated heterocycles. The Hall–Kier alpha value is -4.45. The van der Waals surface area contributed by atoms with Crippen molar-refractivity contribution in [2.45, 2.75) is 44.6 Å². The largest absolute Gasteiger partial charge is 0.369 e. The zero-order chi connectivity index (χ0) is 26.5. The fourth-order valence-electron chi connectivity index (χ4n) is 5.30. The molecule has 2 heterocycles.